The highest BCUT2D eigenvalue weighted by atomic mass is 15.2. The van der Waals surface area contributed by atoms with Crippen LogP contribution in [-0.4, -0.2) is 96.1 Å². The Morgan fingerprint density at radius 3 is 0.956 bits per heavy atom. The number of hydrogen-bond donors (Lipinski definition) is 0. The normalized spacial score (nSPS) is 31.0. The van der Waals surface area contributed by atoms with E-state index in [1.54, 1.807) is 0 Å². The monoisotopic (exact) mass is 949 g/mol. The summed E-state index contributed by atoms with van der Waals surface area (Å²) in [4.78, 5) is 10.8. The van der Waals surface area contributed by atoms with Crippen LogP contribution in [0, 0.1) is 69.0 Å². The van der Waals surface area contributed by atoms with Crippen LogP contribution in [0.25, 0.3) is 0 Å². The lowest BCUT2D eigenvalue weighted by Gasteiger charge is -2.49. The van der Waals surface area contributed by atoms with Crippen molar-refractivity contribution < 1.29 is 0 Å². The van der Waals surface area contributed by atoms with E-state index >= 15 is 0 Å². The molecule has 4 heterocycles. The second-order valence-electron chi connectivity index (χ2n) is 29.0. The molecule has 0 aromatic carbocycles. The van der Waals surface area contributed by atoms with E-state index in [1.807, 2.05) is 0 Å². The van der Waals surface area contributed by atoms with Gasteiger partial charge in [0.25, 0.3) is 0 Å². The van der Waals surface area contributed by atoms with Gasteiger partial charge in [-0.15, -0.1) is 0 Å². The zero-order valence-electron chi connectivity index (χ0n) is 49.3. The van der Waals surface area contributed by atoms with Crippen LogP contribution in [-0.2, 0) is 0 Å². The largest absolute Gasteiger partial charge is 0.301 e. The Labute approximate surface area is 428 Å². The van der Waals surface area contributed by atoms with Crippen LogP contribution < -0.4 is 0 Å². The average molecular weight is 950 g/mol. The third kappa shape index (κ3) is 16.9. The fourth-order valence-electron chi connectivity index (χ4n) is 16.1. The summed E-state index contributed by atoms with van der Waals surface area (Å²) in [6.45, 7) is 49.0. The van der Waals surface area contributed by atoms with E-state index in [1.165, 1.54) is 206 Å². The smallest absolute Gasteiger partial charge is 0.00408 e. The molecule has 8 fully saturated rings. The van der Waals surface area contributed by atoms with Gasteiger partial charge < -0.3 is 19.6 Å². The summed E-state index contributed by atoms with van der Waals surface area (Å²) in [5, 5.41) is 0. The third-order valence-electron chi connectivity index (χ3n) is 21.9. The summed E-state index contributed by atoms with van der Waals surface area (Å²) >= 11 is 0. The Bertz CT molecular complexity index is 1250. The van der Waals surface area contributed by atoms with Crippen molar-refractivity contribution in [3.8, 4) is 0 Å². The van der Waals surface area contributed by atoms with Gasteiger partial charge in [-0.2, -0.15) is 0 Å². The topological polar surface area (TPSA) is 13.0 Å². The van der Waals surface area contributed by atoms with E-state index < -0.39 is 0 Å². The molecule has 0 radical (unpaired) electrons. The molecule has 400 valence electrons. The lowest BCUT2D eigenvalue weighted by Crippen LogP contribution is -2.48. The van der Waals surface area contributed by atoms with Crippen molar-refractivity contribution in [2.45, 2.75) is 289 Å². The molecule has 0 amide bonds. The van der Waals surface area contributed by atoms with Crippen molar-refractivity contribution in [1.29, 1.82) is 0 Å². The molecule has 3 unspecified atom stereocenters. The fraction of sp³-hybridized carbons (Fsp3) is 1.00. The Morgan fingerprint density at radius 1 is 0.265 bits per heavy atom. The lowest BCUT2D eigenvalue weighted by atomic mass is 9.62. The summed E-state index contributed by atoms with van der Waals surface area (Å²) in [7, 11) is 0. The molecular formula is C64H124N4. The molecule has 0 bridgehead atoms. The molecule has 0 aromatic rings. The SMILES string of the molecule is CC(C)C1CCC2(CC1)CCN(C(C)C)CC2.CC(C)C1CCC2(CCCN(C(C)C)C2)CC1.CC(C)C1CCCC2(CCCN(C(C)C)C2)C1.CC(C)C1CCCC2(CCN(C(C)C)CC2)C1. The zero-order chi connectivity index (χ0) is 49.9. The first-order chi connectivity index (χ1) is 32.1. The second-order valence-corrected chi connectivity index (χ2v) is 29.0. The Kier molecular flexibility index (Phi) is 23.2. The Balaban J connectivity index is 0.000000169. The fourth-order valence-corrected chi connectivity index (χ4v) is 16.1. The van der Waals surface area contributed by atoms with Gasteiger partial charge in [0.15, 0.2) is 0 Å². The molecule has 4 spiro atoms. The molecule has 8 rings (SSSR count). The molecule has 4 nitrogen and oxygen atoms in total. The number of hydrogen-bond acceptors (Lipinski definition) is 4. The van der Waals surface area contributed by atoms with Crippen LogP contribution in [0.1, 0.15) is 265 Å². The first-order valence-corrected chi connectivity index (χ1v) is 31.1. The average Bonchev–Trinajstić information content (AvgIpc) is 3.30. The third-order valence-corrected chi connectivity index (χ3v) is 21.9. The van der Waals surface area contributed by atoms with Gasteiger partial charge in [-0.1, -0.05) is 81.1 Å². The van der Waals surface area contributed by atoms with Crippen LogP contribution >= 0.6 is 0 Å². The van der Waals surface area contributed by atoms with Gasteiger partial charge in [0, 0.05) is 37.3 Å². The van der Waals surface area contributed by atoms with Crippen LogP contribution in [0.3, 0.4) is 0 Å². The first kappa shape index (κ1) is 58.7. The number of likely N-dealkylation sites (tertiary alicyclic amines) is 4. The van der Waals surface area contributed by atoms with Crippen molar-refractivity contribution in [2.75, 3.05) is 52.4 Å². The van der Waals surface area contributed by atoms with Gasteiger partial charge in [0.2, 0.25) is 0 Å². The van der Waals surface area contributed by atoms with E-state index in [2.05, 4.69) is 130 Å². The van der Waals surface area contributed by atoms with Gasteiger partial charge in [-0.3, -0.25) is 0 Å². The molecule has 0 aromatic heterocycles. The Morgan fingerprint density at radius 2 is 0.574 bits per heavy atom. The maximum Gasteiger partial charge on any atom is 0.00408 e. The van der Waals surface area contributed by atoms with Gasteiger partial charge >= 0.3 is 0 Å². The van der Waals surface area contributed by atoms with E-state index in [-0.39, 0.29) is 0 Å². The summed E-state index contributed by atoms with van der Waals surface area (Å²) in [6, 6.07) is 2.98. The van der Waals surface area contributed by atoms with Crippen molar-refractivity contribution >= 4 is 0 Å². The lowest BCUT2D eigenvalue weighted by molar-refractivity contribution is 0.0100. The highest BCUT2D eigenvalue weighted by Crippen LogP contribution is 2.51. The number of rotatable bonds is 8. The highest BCUT2D eigenvalue weighted by Gasteiger charge is 2.43. The highest BCUT2D eigenvalue weighted by molar-refractivity contribution is 4.96. The van der Waals surface area contributed by atoms with E-state index in [4.69, 9.17) is 0 Å². The van der Waals surface area contributed by atoms with Crippen LogP contribution in [0.2, 0.25) is 0 Å². The van der Waals surface area contributed by atoms with Crippen LogP contribution in [0.15, 0.2) is 0 Å². The first-order valence-electron chi connectivity index (χ1n) is 31.1. The van der Waals surface area contributed by atoms with Crippen molar-refractivity contribution in [3.63, 3.8) is 0 Å². The standard InChI is InChI=1S/4C16H31N/c1-13(2)15-6-9-16(10-7-15)8-5-11-17(12-16)14(3)4;1-13(2)15-5-7-16(8-6-15)9-11-17(12-10-16)14(3)4;1-13(2)15-7-5-8-16(11-15)9-6-10-17(12-16)14(3)4;1-13(2)15-6-5-7-16(12-15)8-10-17(11-9-16)14(3)4/h4*13-15H,5-12H2,1-4H3. The molecule has 4 saturated carbocycles. The molecule has 4 saturated heterocycles. The molecule has 0 N–H and O–H groups in total. The van der Waals surface area contributed by atoms with Crippen molar-refractivity contribution in [1.82, 2.24) is 19.6 Å². The molecule has 4 aliphatic heterocycles. The minimum absolute atomic E-state index is 0.690. The number of nitrogens with zero attached hydrogens (tertiary/aromatic N) is 4. The molecule has 8 aliphatic rings. The molecule has 4 heteroatoms. The quantitative estimate of drug-likeness (QED) is 0.240. The van der Waals surface area contributed by atoms with Gasteiger partial charge in [0.1, 0.15) is 0 Å². The molecule has 3 atom stereocenters. The summed E-state index contributed by atoms with van der Waals surface area (Å²) in [5.41, 5.74) is 2.87. The Hall–Kier alpha value is -0.160. The minimum Gasteiger partial charge on any atom is -0.301 e. The van der Waals surface area contributed by atoms with Crippen molar-refractivity contribution in [2.24, 2.45) is 69.0 Å². The summed E-state index contributed by atoms with van der Waals surface area (Å²) < 4.78 is 0. The van der Waals surface area contributed by atoms with Crippen molar-refractivity contribution in [3.05, 3.63) is 0 Å². The molecule has 4 aliphatic carbocycles. The minimum atomic E-state index is 0.690. The predicted octanol–water partition coefficient (Wildman–Crippen LogP) is 17.3. The predicted molar refractivity (Wildman–Crippen MR) is 301 cm³/mol. The molecule has 68 heavy (non-hydrogen) atoms. The van der Waals surface area contributed by atoms with E-state index in [0.717, 1.165) is 82.3 Å². The zero-order valence-corrected chi connectivity index (χ0v) is 49.3. The van der Waals surface area contributed by atoms with E-state index in [9.17, 15) is 0 Å². The summed E-state index contributed by atoms with van der Waals surface area (Å²) in [5.74, 6) is 7.63. The van der Waals surface area contributed by atoms with Crippen LogP contribution in [0.5, 0.6) is 0 Å². The maximum atomic E-state index is 2.73. The van der Waals surface area contributed by atoms with Gasteiger partial charge in [-0.25, -0.2) is 0 Å². The maximum absolute atomic E-state index is 2.73. The number of piperidine rings is 4. The van der Waals surface area contributed by atoms with Crippen LogP contribution in [0.4, 0.5) is 0 Å². The second kappa shape index (κ2) is 26.9. The molecular weight excluding hydrogens is 825 g/mol. The van der Waals surface area contributed by atoms with E-state index in [0.29, 0.717) is 10.8 Å². The summed E-state index contributed by atoms with van der Waals surface area (Å²) in [6.07, 6.45) is 35.7. The van der Waals surface area contributed by atoms with Gasteiger partial charge in [-0.05, 0) is 292 Å². The van der Waals surface area contributed by atoms with Gasteiger partial charge in [0.05, 0.1) is 0 Å².